The zero-order valence-electron chi connectivity index (χ0n) is 11.8. The molecule has 1 unspecified atom stereocenters. The first-order valence-corrected chi connectivity index (χ1v) is 7.66. The summed E-state index contributed by atoms with van der Waals surface area (Å²) in [6.45, 7) is 6.22. The Hall–Kier alpha value is -0.390. The smallest absolute Gasteiger partial charge is 0.389 e. The maximum absolute atomic E-state index is 12.1. The minimum Gasteiger partial charge on any atom is -0.465 e. The zero-order valence-corrected chi connectivity index (χ0v) is 12.6. The SMILES string of the molecule is CCCCOC(=O)C(CC(C)C)SCCC(F)(F)F. The average molecular weight is 300 g/mol. The second-order valence-corrected chi connectivity index (χ2v) is 6.19. The van der Waals surface area contributed by atoms with Crippen LogP contribution < -0.4 is 0 Å². The molecule has 6 heteroatoms. The van der Waals surface area contributed by atoms with Crippen molar-refractivity contribution in [2.75, 3.05) is 12.4 Å². The average Bonchev–Trinajstić information content (AvgIpc) is 2.25. The van der Waals surface area contributed by atoms with E-state index >= 15 is 0 Å². The number of hydrogen-bond acceptors (Lipinski definition) is 3. The van der Waals surface area contributed by atoms with Crippen molar-refractivity contribution in [3.63, 3.8) is 0 Å². The van der Waals surface area contributed by atoms with Gasteiger partial charge in [-0.2, -0.15) is 13.2 Å². The molecule has 0 aromatic carbocycles. The molecule has 0 heterocycles. The highest BCUT2D eigenvalue weighted by Crippen LogP contribution is 2.27. The van der Waals surface area contributed by atoms with Crippen LogP contribution in [0.25, 0.3) is 0 Å². The van der Waals surface area contributed by atoms with Crippen LogP contribution in [0.5, 0.6) is 0 Å². The van der Waals surface area contributed by atoms with E-state index in [-0.39, 0.29) is 17.6 Å². The van der Waals surface area contributed by atoms with E-state index in [0.717, 1.165) is 24.6 Å². The van der Waals surface area contributed by atoms with Crippen molar-refractivity contribution in [2.45, 2.75) is 57.9 Å². The molecule has 0 aromatic heterocycles. The lowest BCUT2D eigenvalue weighted by Gasteiger charge is -2.18. The number of rotatable bonds is 9. The molecule has 0 N–H and O–H groups in total. The maximum atomic E-state index is 12.1. The standard InChI is InChI=1S/C13H23F3O2S/c1-4-5-7-18-12(17)11(9-10(2)3)19-8-6-13(14,15)16/h10-11H,4-9H2,1-3H3. The normalized spacial score (nSPS) is 13.6. The van der Waals surface area contributed by atoms with Gasteiger partial charge in [0, 0.05) is 5.75 Å². The molecule has 0 bridgehead atoms. The highest BCUT2D eigenvalue weighted by Gasteiger charge is 2.29. The van der Waals surface area contributed by atoms with Crippen molar-refractivity contribution in [2.24, 2.45) is 5.92 Å². The molecule has 114 valence electrons. The summed E-state index contributed by atoms with van der Waals surface area (Å²) in [6.07, 6.45) is -2.78. The molecule has 0 aliphatic rings. The Kier molecular flexibility index (Phi) is 9.31. The molecular weight excluding hydrogens is 277 g/mol. The summed E-state index contributed by atoms with van der Waals surface area (Å²) >= 11 is 1.05. The van der Waals surface area contributed by atoms with E-state index in [1.165, 1.54) is 0 Å². The molecule has 0 fully saturated rings. The van der Waals surface area contributed by atoms with Crippen LogP contribution in [-0.4, -0.2) is 29.8 Å². The van der Waals surface area contributed by atoms with Crippen LogP contribution in [0, 0.1) is 5.92 Å². The number of esters is 1. The summed E-state index contributed by atoms with van der Waals surface area (Å²) in [6, 6.07) is 0. The first-order chi connectivity index (χ1) is 8.76. The van der Waals surface area contributed by atoms with E-state index in [1.807, 2.05) is 20.8 Å². The number of carbonyl (C=O) groups excluding carboxylic acids is 1. The number of halogens is 3. The Morgan fingerprint density at radius 2 is 1.95 bits per heavy atom. The topological polar surface area (TPSA) is 26.3 Å². The Bertz CT molecular complexity index is 255. The lowest BCUT2D eigenvalue weighted by atomic mass is 10.1. The highest BCUT2D eigenvalue weighted by molar-refractivity contribution is 8.00. The largest absolute Gasteiger partial charge is 0.465 e. The number of ether oxygens (including phenoxy) is 1. The molecule has 0 spiro atoms. The third kappa shape index (κ3) is 11.2. The lowest BCUT2D eigenvalue weighted by molar-refractivity contribution is -0.143. The van der Waals surface area contributed by atoms with Gasteiger partial charge in [0.05, 0.1) is 13.0 Å². The predicted octanol–water partition coefficient (Wildman–Crippen LogP) is 4.43. The summed E-state index contributed by atoms with van der Waals surface area (Å²) in [5.41, 5.74) is 0. The van der Waals surface area contributed by atoms with Crippen LogP contribution in [0.1, 0.15) is 46.5 Å². The number of carbonyl (C=O) groups is 1. The van der Waals surface area contributed by atoms with Crippen LogP contribution in [0.2, 0.25) is 0 Å². The molecule has 0 saturated heterocycles. The first kappa shape index (κ1) is 18.6. The lowest BCUT2D eigenvalue weighted by Crippen LogP contribution is -2.24. The molecule has 0 aliphatic heterocycles. The molecule has 0 aromatic rings. The van der Waals surface area contributed by atoms with Crippen LogP contribution >= 0.6 is 11.8 Å². The summed E-state index contributed by atoms with van der Waals surface area (Å²) in [5, 5.41) is -0.487. The quantitative estimate of drug-likeness (QED) is 0.465. The van der Waals surface area contributed by atoms with Crippen LogP contribution in [0.3, 0.4) is 0 Å². The van der Waals surface area contributed by atoms with E-state index in [1.54, 1.807) is 0 Å². The fraction of sp³-hybridized carbons (Fsp3) is 0.923. The molecule has 19 heavy (non-hydrogen) atoms. The van der Waals surface area contributed by atoms with E-state index in [4.69, 9.17) is 4.74 Å². The molecule has 0 rings (SSSR count). The molecule has 0 saturated carbocycles. The van der Waals surface area contributed by atoms with Gasteiger partial charge in [-0.1, -0.05) is 27.2 Å². The van der Waals surface area contributed by atoms with Gasteiger partial charge in [0.2, 0.25) is 0 Å². The van der Waals surface area contributed by atoms with Crippen molar-refractivity contribution in [3.05, 3.63) is 0 Å². The van der Waals surface area contributed by atoms with Gasteiger partial charge in [-0.3, -0.25) is 4.79 Å². The Balaban J connectivity index is 4.17. The summed E-state index contributed by atoms with van der Waals surface area (Å²) < 4.78 is 41.4. The van der Waals surface area contributed by atoms with Crippen LogP contribution in [0.15, 0.2) is 0 Å². The third-order valence-corrected chi connectivity index (χ3v) is 3.62. The minimum atomic E-state index is -4.17. The molecule has 1 atom stereocenters. The van der Waals surface area contributed by atoms with E-state index in [0.29, 0.717) is 13.0 Å². The van der Waals surface area contributed by atoms with Crippen molar-refractivity contribution < 1.29 is 22.7 Å². The zero-order chi connectivity index (χ0) is 14.9. The minimum absolute atomic E-state index is 0.0935. The highest BCUT2D eigenvalue weighted by atomic mass is 32.2. The number of alkyl halides is 3. The molecular formula is C13H23F3O2S. The van der Waals surface area contributed by atoms with Gasteiger partial charge in [-0.25, -0.2) is 0 Å². The van der Waals surface area contributed by atoms with Gasteiger partial charge in [0.1, 0.15) is 5.25 Å². The number of hydrogen-bond donors (Lipinski definition) is 0. The van der Waals surface area contributed by atoms with Gasteiger partial charge in [-0.15, -0.1) is 11.8 Å². The summed E-state index contributed by atoms with van der Waals surface area (Å²) in [5.74, 6) is -0.222. The predicted molar refractivity (Wildman–Crippen MR) is 72.2 cm³/mol. The summed E-state index contributed by atoms with van der Waals surface area (Å²) in [7, 11) is 0. The maximum Gasteiger partial charge on any atom is 0.389 e. The fourth-order valence-corrected chi connectivity index (χ4v) is 2.75. The second kappa shape index (κ2) is 9.50. The number of unbranched alkanes of at least 4 members (excludes halogenated alkanes) is 1. The van der Waals surface area contributed by atoms with Gasteiger partial charge >= 0.3 is 12.1 Å². The van der Waals surface area contributed by atoms with Crippen molar-refractivity contribution in [1.82, 2.24) is 0 Å². The van der Waals surface area contributed by atoms with Crippen LogP contribution in [0.4, 0.5) is 13.2 Å². The molecule has 2 nitrogen and oxygen atoms in total. The van der Waals surface area contributed by atoms with Gasteiger partial charge in [0.15, 0.2) is 0 Å². The second-order valence-electron chi connectivity index (χ2n) is 4.88. The first-order valence-electron chi connectivity index (χ1n) is 6.61. The van der Waals surface area contributed by atoms with Crippen molar-refractivity contribution >= 4 is 17.7 Å². The van der Waals surface area contributed by atoms with Gasteiger partial charge in [-0.05, 0) is 18.8 Å². The molecule has 0 aliphatic carbocycles. The Morgan fingerprint density at radius 3 is 2.42 bits per heavy atom. The molecule has 0 radical (unpaired) electrons. The van der Waals surface area contributed by atoms with E-state index in [2.05, 4.69) is 0 Å². The van der Waals surface area contributed by atoms with Crippen molar-refractivity contribution in [1.29, 1.82) is 0 Å². The summed E-state index contributed by atoms with van der Waals surface area (Å²) in [4.78, 5) is 11.8. The fourth-order valence-electron chi connectivity index (χ4n) is 1.39. The monoisotopic (exact) mass is 300 g/mol. The van der Waals surface area contributed by atoms with E-state index < -0.39 is 17.8 Å². The third-order valence-electron chi connectivity index (χ3n) is 2.40. The number of thioether (sulfide) groups is 1. The van der Waals surface area contributed by atoms with E-state index in [9.17, 15) is 18.0 Å². The van der Waals surface area contributed by atoms with Crippen LogP contribution in [-0.2, 0) is 9.53 Å². The Labute approximate surface area is 117 Å². The van der Waals surface area contributed by atoms with Gasteiger partial charge in [0.25, 0.3) is 0 Å². The van der Waals surface area contributed by atoms with Gasteiger partial charge < -0.3 is 4.74 Å². The molecule has 0 amide bonds. The Morgan fingerprint density at radius 1 is 1.32 bits per heavy atom. The van der Waals surface area contributed by atoms with Crippen molar-refractivity contribution in [3.8, 4) is 0 Å².